The predicted octanol–water partition coefficient (Wildman–Crippen LogP) is 4.69. The molecule has 0 aliphatic carbocycles. The second-order valence-corrected chi connectivity index (χ2v) is 8.77. The first-order valence-electron chi connectivity index (χ1n) is 10.2. The van der Waals surface area contributed by atoms with Crippen LogP contribution in [0.25, 0.3) is 0 Å². The van der Waals surface area contributed by atoms with Crippen LogP contribution in [0.15, 0.2) is 52.3 Å². The zero-order chi connectivity index (χ0) is 19.3. The first-order chi connectivity index (χ1) is 13.7. The summed E-state index contributed by atoms with van der Waals surface area (Å²) in [4.78, 5) is 7.56. The van der Waals surface area contributed by atoms with E-state index in [0.717, 1.165) is 45.6 Å². The predicted molar refractivity (Wildman–Crippen MR) is 115 cm³/mol. The van der Waals surface area contributed by atoms with Gasteiger partial charge in [-0.3, -0.25) is 4.90 Å². The average Bonchev–Trinajstić information content (AvgIpc) is 3.23. The van der Waals surface area contributed by atoms with Gasteiger partial charge in [-0.1, -0.05) is 41.6 Å². The molecule has 150 valence electrons. The van der Waals surface area contributed by atoms with E-state index < -0.39 is 0 Å². The van der Waals surface area contributed by atoms with Crippen LogP contribution in [-0.2, 0) is 9.47 Å². The SMILES string of the molecule is Cc1ccc(Sc2ccccc2N2CCN(COC3CCCO3)CC2)c(C)c1. The molecule has 2 saturated heterocycles. The minimum absolute atomic E-state index is 0.00732. The lowest BCUT2D eigenvalue weighted by molar-refractivity contribution is -0.141. The van der Waals surface area contributed by atoms with E-state index in [4.69, 9.17) is 9.47 Å². The van der Waals surface area contributed by atoms with E-state index in [1.54, 1.807) is 0 Å². The molecule has 2 aromatic carbocycles. The summed E-state index contributed by atoms with van der Waals surface area (Å²) in [5.41, 5.74) is 4.00. The van der Waals surface area contributed by atoms with E-state index in [0.29, 0.717) is 6.73 Å². The fourth-order valence-corrected chi connectivity index (χ4v) is 4.86. The van der Waals surface area contributed by atoms with Crippen molar-refractivity contribution >= 4 is 17.4 Å². The van der Waals surface area contributed by atoms with E-state index in [-0.39, 0.29) is 6.29 Å². The summed E-state index contributed by atoms with van der Waals surface area (Å²) in [5, 5.41) is 0. The van der Waals surface area contributed by atoms with Crippen LogP contribution < -0.4 is 4.90 Å². The number of piperazine rings is 1. The van der Waals surface area contributed by atoms with E-state index in [1.165, 1.54) is 26.6 Å². The molecule has 4 nitrogen and oxygen atoms in total. The van der Waals surface area contributed by atoms with Crippen LogP contribution in [0.2, 0.25) is 0 Å². The third-order valence-corrected chi connectivity index (χ3v) is 6.70. The normalized spacial score (nSPS) is 20.6. The third-order valence-electron chi connectivity index (χ3n) is 5.46. The lowest BCUT2D eigenvalue weighted by Crippen LogP contribution is -2.47. The van der Waals surface area contributed by atoms with Crippen molar-refractivity contribution in [3.8, 4) is 0 Å². The van der Waals surface area contributed by atoms with Crippen molar-refractivity contribution in [1.29, 1.82) is 0 Å². The lowest BCUT2D eigenvalue weighted by Gasteiger charge is -2.37. The maximum Gasteiger partial charge on any atom is 0.159 e. The molecule has 4 rings (SSSR count). The van der Waals surface area contributed by atoms with E-state index in [2.05, 4.69) is 66.1 Å². The van der Waals surface area contributed by atoms with Gasteiger partial charge in [-0.05, 0) is 44.0 Å². The Balaban J connectivity index is 1.37. The van der Waals surface area contributed by atoms with Gasteiger partial charge in [0.05, 0.1) is 5.69 Å². The number of hydrogen-bond donors (Lipinski definition) is 0. The Morgan fingerprint density at radius 1 is 1.04 bits per heavy atom. The maximum absolute atomic E-state index is 5.89. The molecule has 28 heavy (non-hydrogen) atoms. The average molecular weight is 399 g/mol. The van der Waals surface area contributed by atoms with Crippen molar-refractivity contribution in [2.24, 2.45) is 0 Å². The number of benzene rings is 2. The molecule has 2 heterocycles. The monoisotopic (exact) mass is 398 g/mol. The number of aryl methyl sites for hydroxylation is 2. The highest BCUT2D eigenvalue weighted by molar-refractivity contribution is 7.99. The molecule has 0 aromatic heterocycles. The number of anilines is 1. The van der Waals surface area contributed by atoms with Crippen LogP contribution in [0, 0.1) is 13.8 Å². The topological polar surface area (TPSA) is 24.9 Å². The molecule has 2 aromatic rings. The number of para-hydroxylation sites is 1. The summed E-state index contributed by atoms with van der Waals surface area (Å²) in [6.07, 6.45) is 2.16. The van der Waals surface area contributed by atoms with Crippen molar-refractivity contribution < 1.29 is 9.47 Å². The second kappa shape index (κ2) is 9.31. The number of rotatable bonds is 6. The summed E-state index contributed by atoms with van der Waals surface area (Å²) in [5.74, 6) is 0. The molecule has 1 atom stereocenters. The van der Waals surface area contributed by atoms with Crippen molar-refractivity contribution in [2.45, 2.75) is 42.8 Å². The molecule has 5 heteroatoms. The summed E-state index contributed by atoms with van der Waals surface area (Å²) in [6.45, 7) is 9.97. The fraction of sp³-hybridized carbons (Fsp3) is 0.478. The Labute approximate surface area is 172 Å². The largest absolute Gasteiger partial charge is 0.368 e. The lowest BCUT2D eigenvalue weighted by atomic mass is 10.2. The first-order valence-corrected chi connectivity index (χ1v) is 11.1. The Kier molecular flexibility index (Phi) is 6.58. The molecule has 0 amide bonds. The Hall–Kier alpha value is -1.53. The highest BCUT2D eigenvalue weighted by Crippen LogP contribution is 2.37. The van der Waals surface area contributed by atoms with E-state index in [1.807, 2.05) is 11.8 Å². The molecule has 0 bridgehead atoms. The first kappa shape index (κ1) is 19.8. The standard InChI is InChI=1S/C23H30N2O2S/c1-18-9-10-21(19(2)16-18)28-22-7-4-3-6-20(22)25-13-11-24(12-14-25)17-27-23-8-5-15-26-23/h3-4,6-7,9-10,16,23H,5,8,11-15,17H2,1-2H3. The molecular weight excluding hydrogens is 368 g/mol. The van der Waals surface area contributed by atoms with Crippen molar-refractivity contribution in [3.05, 3.63) is 53.6 Å². The summed E-state index contributed by atoms with van der Waals surface area (Å²) >= 11 is 1.87. The van der Waals surface area contributed by atoms with Gasteiger partial charge in [-0.25, -0.2) is 0 Å². The smallest absolute Gasteiger partial charge is 0.159 e. The van der Waals surface area contributed by atoms with Gasteiger partial charge in [0.1, 0.15) is 6.73 Å². The van der Waals surface area contributed by atoms with Gasteiger partial charge in [0.15, 0.2) is 6.29 Å². The van der Waals surface area contributed by atoms with Crippen LogP contribution >= 0.6 is 11.8 Å². The van der Waals surface area contributed by atoms with Crippen LogP contribution in [0.5, 0.6) is 0 Å². The summed E-state index contributed by atoms with van der Waals surface area (Å²) in [6, 6.07) is 15.5. The Morgan fingerprint density at radius 2 is 1.86 bits per heavy atom. The quantitative estimate of drug-likeness (QED) is 0.703. The van der Waals surface area contributed by atoms with E-state index >= 15 is 0 Å². The minimum Gasteiger partial charge on any atom is -0.368 e. The molecule has 0 saturated carbocycles. The van der Waals surface area contributed by atoms with Crippen molar-refractivity contribution in [2.75, 3.05) is 44.4 Å². The molecule has 2 aliphatic heterocycles. The highest BCUT2D eigenvalue weighted by Gasteiger charge is 2.22. The number of ether oxygens (including phenoxy) is 2. The Morgan fingerprint density at radius 3 is 2.61 bits per heavy atom. The molecule has 0 N–H and O–H groups in total. The molecular formula is C23H30N2O2S. The van der Waals surface area contributed by atoms with Crippen LogP contribution in [0.1, 0.15) is 24.0 Å². The second-order valence-electron chi connectivity index (χ2n) is 7.68. The zero-order valence-corrected chi connectivity index (χ0v) is 17.7. The molecule has 0 radical (unpaired) electrons. The zero-order valence-electron chi connectivity index (χ0n) is 16.9. The van der Waals surface area contributed by atoms with Gasteiger partial charge in [0.25, 0.3) is 0 Å². The van der Waals surface area contributed by atoms with Gasteiger partial charge >= 0.3 is 0 Å². The summed E-state index contributed by atoms with van der Waals surface area (Å²) < 4.78 is 11.5. The number of nitrogens with zero attached hydrogens (tertiary/aromatic N) is 2. The third kappa shape index (κ3) is 4.90. The Bertz CT molecular complexity index is 784. The van der Waals surface area contributed by atoms with Gasteiger partial charge in [0, 0.05) is 49.0 Å². The van der Waals surface area contributed by atoms with Gasteiger partial charge < -0.3 is 14.4 Å². The molecule has 2 fully saturated rings. The summed E-state index contributed by atoms with van der Waals surface area (Å²) in [7, 11) is 0. The van der Waals surface area contributed by atoms with Gasteiger partial charge in [-0.2, -0.15) is 0 Å². The van der Waals surface area contributed by atoms with Crippen LogP contribution in [0.3, 0.4) is 0 Å². The highest BCUT2D eigenvalue weighted by atomic mass is 32.2. The fourth-order valence-electron chi connectivity index (χ4n) is 3.82. The van der Waals surface area contributed by atoms with E-state index in [9.17, 15) is 0 Å². The van der Waals surface area contributed by atoms with Crippen molar-refractivity contribution in [3.63, 3.8) is 0 Å². The molecule has 2 aliphatic rings. The number of hydrogen-bond acceptors (Lipinski definition) is 5. The molecule has 0 spiro atoms. The van der Waals surface area contributed by atoms with Crippen molar-refractivity contribution in [1.82, 2.24) is 4.90 Å². The van der Waals surface area contributed by atoms with Crippen LogP contribution in [-0.4, -0.2) is 50.7 Å². The van der Waals surface area contributed by atoms with Crippen LogP contribution in [0.4, 0.5) is 5.69 Å². The van der Waals surface area contributed by atoms with Gasteiger partial charge in [-0.15, -0.1) is 0 Å². The molecule has 1 unspecified atom stereocenters. The minimum atomic E-state index is 0.00732. The van der Waals surface area contributed by atoms with Gasteiger partial charge in [0.2, 0.25) is 0 Å². The maximum atomic E-state index is 5.89.